The number of hydrogen-bond acceptors (Lipinski definition) is 2. The van der Waals surface area contributed by atoms with Crippen molar-refractivity contribution in [2.24, 2.45) is 5.73 Å². The summed E-state index contributed by atoms with van der Waals surface area (Å²) in [6.45, 7) is 2.37. The van der Waals surface area contributed by atoms with Crippen LogP contribution >= 0.6 is 0 Å². The van der Waals surface area contributed by atoms with E-state index in [2.05, 4.69) is 5.32 Å². The minimum Gasteiger partial charge on any atom is -0.353 e. The van der Waals surface area contributed by atoms with E-state index in [1.54, 1.807) is 6.92 Å². The monoisotopic (exact) mass is 284 g/mol. The maximum Gasteiger partial charge on any atom is 0.220 e. The Morgan fingerprint density at radius 2 is 1.90 bits per heavy atom. The van der Waals surface area contributed by atoms with Gasteiger partial charge in [0.25, 0.3) is 0 Å². The lowest BCUT2D eigenvalue weighted by Gasteiger charge is -2.15. The molecule has 0 radical (unpaired) electrons. The summed E-state index contributed by atoms with van der Waals surface area (Å²) in [5, 5.41) is 2.76. The number of amides is 1. The Labute approximate surface area is 118 Å². The molecule has 1 amide bonds. The van der Waals surface area contributed by atoms with Gasteiger partial charge in [0.05, 0.1) is 0 Å². The molecule has 20 heavy (non-hydrogen) atoms. The molecule has 0 aliphatic heterocycles. The van der Waals surface area contributed by atoms with Crippen LogP contribution < -0.4 is 11.1 Å². The molecule has 0 saturated heterocycles. The number of carbonyl (C=O) groups excluding carboxylic acids is 1. The van der Waals surface area contributed by atoms with Crippen LogP contribution in [0, 0.1) is 11.6 Å². The Hall–Kier alpha value is -1.49. The van der Waals surface area contributed by atoms with Crippen molar-refractivity contribution in [1.29, 1.82) is 0 Å². The van der Waals surface area contributed by atoms with Crippen LogP contribution in [0.25, 0.3) is 0 Å². The van der Waals surface area contributed by atoms with E-state index in [0.29, 0.717) is 13.0 Å². The zero-order valence-corrected chi connectivity index (χ0v) is 11.8. The predicted molar refractivity (Wildman–Crippen MR) is 75.2 cm³/mol. The number of unbranched alkanes of at least 4 members (excludes halogenated alkanes) is 2. The van der Waals surface area contributed by atoms with Gasteiger partial charge in [0.15, 0.2) is 0 Å². The van der Waals surface area contributed by atoms with Crippen LogP contribution in [-0.2, 0) is 11.2 Å². The molecule has 112 valence electrons. The van der Waals surface area contributed by atoms with E-state index in [-0.39, 0.29) is 23.9 Å². The molecule has 1 atom stereocenters. The summed E-state index contributed by atoms with van der Waals surface area (Å²) in [6.07, 6.45) is 3.17. The number of nitrogens with one attached hydrogen (secondary N) is 1. The zero-order chi connectivity index (χ0) is 15.0. The molecule has 3 nitrogen and oxygen atoms in total. The molecule has 0 aliphatic carbocycles. The second kappa shape index (κ2) is 8.64. The number of hydrogen-bond donors (Lipinski definition) is 2. The zero-order valence-electron chi connectivity index (χ0n) is 11.8. The number of rotatable bonds is 8. The van der Waals surface area contributed by atoms with Gasteiger partial charge in [-0.05, 0) is 44.9 Å². The highest BCUT2D eigenvalue weighted by Gasteiger charge is 2.14. The third-order valence-electron chi connectivity index (χ3n) is 3.09. The Bertz CT molecular complexity index is 418. The van der Waals surface area contributed by atoms with Crippen LogP contribution in [0.4, 0.5) is 8.78 Å². The lowest BCUT2D eigenvalue weighted by Crippen LogP contribution is -2.34. The SMILES string of the molecule is CC(Cc1c(F)cccc1F)NC(=O)CCCCCN. The quantitative estimate of drug-likeness (QED) is 0.721. The van der Waals surface area contributed by atoms with Crippen LogP contribution in [0.2, 0.25) is 0 Å². The first-order chi connectivity index (χ1) is 9.54. The minimum absolute atomic E-state index is 0.0171. The highest BCUT2D eigenvalue weighted by Crippen LogP contribution is 2.14. The molecule has 1 aromatic rings. The van der Waals surface area contributed by atoms with E-state index in [1.807, 2.05) is 0 Å². The van der Waals surface area contributed by atoms with Crippen LogP contribution in [0.15, 0.2) is 18.2 Å². The van der Waals surface area contributed by atoms with Gasteiger partial charge in [0, 0.05) is 18.0 Å². The molecule has 5 heteroatoms. The van der Waals surface area contributed by atoms with Crippen LogP contribution in [-0.4, -0.2) is 18.5 Å². The van der Waals surface area contributed by atoms with Gasteiger partial charge in [-0.2, -0.15) is 0 Å². The summed E-state index contributed by atoms with van der Waals surface area (Å²) in [6, 6.07) is 3.47. The minimum atomic E-state index is -0.575. The van der Waals surface area contributed by atoms with Crippen molar-refractivity contribution < 1.29 is 13.6 Å². The van der Waals surface area contributed by atoms with Gasteiger partial charge in [-0.3, -0.25) is 4.79 Å². The summed E-state index contributed by atoms with van der Waals surface area (Å²) in [5.41, 5.74) is 5.39. The normalized spacial score (nSPS) is 12.2. The molecule has 0 fully saturated rings. The Kier molecular flexibility index (Phi) is 7.15. The first-order valence-electron chi connectivity index (χ1n) is 6.97. The van der Waals surface area contributed by atoms with Crippen molar-refractivity contribution >= 4 is 5.91 Å². The standard InChI is InChI=1S/C15H22F2N2O/c1-11(19-15(20)8-3-2-4-9-18)10-12-13(16)6-5-7-14(12)17/h5-7,11H,2-4,8-10,18H2,1H3,(H,19,20). The Balaban J connectivity index is 2.39. The molecular formula is C15H22F2N2O. The van der Waals surface area contributed by atoms with Gasteiger partial charge in [0.1, 0.15) is 11.6 Å². The molecule has 0 bridgehead atoms. The smallest absolute Gasteiger partial charge is 0.220 e. The van der Waals surface area contributed by atoms with Crippen molar-refractivity contribution in [3.63, 3.8) is 0 Å². The Morgan fingerprint density at radius 1 is 1.25 bits per heavy atom. The molecule has 0 saturated carbocycles. The van der Waals surface area contributed by atoms with Gasteiger partial charge in [-0.15, -0.1) is 0 Å². The number of benzene rings is 1. The number of halogens is 2. The van der Waals surface area contributed by atoms with Crippen molar-refractivity contribution in [3.8, 4) is 0 Å². The van der Waals surface area contributed by atoms with E-state index in [1.165, 1.54) is 18.2 Å². The molecule has 0 aromatic heterocycles. The summed E-state index contributed by atoms with van der Waals surface area (Å²) in [4.78, 5) is 11.6. The van der Waals surface area contributed by atoms with Crippen LogP contribution in [0.3, 0.4) is 0 Å². The Morgan fingerprint density at radius 3 is 2.50 bits per heavy atom. The van der Waals surface area contributed by atoms with E-state index in [9.17, 15) is 13.6 Å². The second-order valence-corrected chi connectivity index (χ2v) is 4.97. The van der Waals surface area contributed by atoms with Crippen LogP contribution in [0.5, 0.6) is 0 Å². The van der Waals surface area contributed by atoms with E-state index in [4.69, 9.17) is 5.73 Å². The molecule has 1 aromatic carbocycles. The largest absolute Gasteiger partial charge is 0.353 e. The highest BCUT2D eigenvalue weighted by atomic mass is 19.1. The third-order valence-corrected chi connectivity index (χ3v) is 3.09. The summed E-state index contributed by atoms with van der Waals surface area (Å²) >= 11 is 0. The van der Waals surface area contributed by atoms with Gasteiger partial charge in [0.2, 0.25) is 5.91 Å². The van der Waals surface area contributed by atoms with Crippen molar-refractivity contribution in [3.05, 3.63) is 35.4 Å². The topological polar surface area (TPSA) is 55.1 Å². The number of nitrogens with two attached hydrogens (primary N) is 1. The van der Waals surface area contributed by atoms with E-state index >= 15 is 0 Å². The average Bonchev–Trinajstić information content (AvgIpc) is 2.39. The predicted octanol–water partition coefficient (Wildman–Crippen LogP) is 2.53. The van der Waals surface area contributed by atoms with Crippen molar-refractivity contribution in [2.45, 2.75) is 45.1 Å². The van der Waals surface area contributed by atoms with Crippen molar-refractivity contribution in [1.82, 2.24) is 5.32 Å². The summed E-state index contributed by atoms with van der Waals surface area (Å²) < 4.78 is 26.9. The molecule has 1 rings (SSSR count). The van der Waals surface area contributed by atoms with Gasteiger partial charge < -0.3 is 11.1 Å². The molecular weight excluding hydrogens is 262 g/mol. The fraction of sp³-hybridized carbons (Fsp3) is 0.533. The van der Waals surface area contributed by atoms with Crippen LogP contribution in [0.1, 0.15) is 38.2 Å². The van der Waals surface area contributed by atoms with Crippen molar-refractivity contribution in [2.75, 3.05) is 6.54 Å². The third kappa shape index (κ3) is 5.65. The summed E-state index contributed by atoms with van der Waals surface area (Å²) in [5.74, 6) is -1.24. The molecule has 0 aliphatic rings. The van der Waals surface area contributed by atoms with Gasteiger partial charge >= 0.3 is 0 Å². The molecule has 3 N–H and O–H groups in total. The lowest BCUT2D eigenvalue weighted by molar-refractivity contribution is -0.121. The average molecular weight is 284 g/mol. The summed E-state index contributed by atoms with van der Waals surface area (Å²) in [7, 11) is 0. The molecule has 1 unspecified atom stereocenters. The fourth-order valence-corrected chi connectivity index (χ4v) is 2.04. The first-order valence-corrected chi connectivity index (χ1v) is 6.97. The molecule has 0 spiro atoms. The second-order valence-electron chi connectivity index (χ2n) is 4.97. The van der Waals surface area contributed by atoms with E-state index < -0.39 is 11.6 Å². The first kappa shape index (κ1) is 16.6. The number of carbonyl (C=O) groups is 1. The lowest BCUT2D eigenvalue weighted by atomic mass is 10.1. The maximum atomic E-state index is 13.5. The van der Waals surface area contributed by atoms with Gasteiger partial charge in [-0.25, -0.2) is 8.78 Å². The fourth-order valence-electron chi connectivity index (χ4n) is 2.04. The van der Waals surface area contributed by atoms with E-state index in [0.717, 1.165) is 19.3 Å². The highest BCUT2D eigenvalue weighted by molar-refractivity contribution is 5.76. The molecule has 0 heterocycles. The van der Waals surface area contributed by atoms with Gasteiger partial charge in [-0.1, -0.05) is 12.5 Å². The maximum absolute atomic E-state index is 13.5.